The Morgan fingerprint density at radius 3 is 2.83 bits per heavy atom. The maximum absolute atomic E-state index is 10.6. The van der Waals surface area contributed by atoms with E-state index in [1.54, 1.807) is 0 Å². The van der Waals surface area contributed by atoms with Crippen molar-refractivity contribution in [2.45, 2.75) is 70.8 Å². The molecule has 0 spiro atoms. The molecular weight excluding hydrogens is 286 g/mol. The van der Waals surface area contributed by atoms with Gasteiger partial charge in [0.15, 0.2) is 0 Å². The first-order valence-corrected chi connectivity index (χ1v) is 8.91. The highest BCUT2D eigenvalue weighted by Gasteiger charge is 2.45. The van der Waals surface area contributed by atoms with Crippen LogP contribution in [0.1, 0.15) is 69.9 Å². The van der Waals surface area contributed by atoms with Crippen LogP contribution in [0.4, 0.5) is 0 Å². The molecule has 23 heavy (non-hydrogen) atoms. The van der Waals surface area contributed by atoms with E-state index in [9.17, 15) is 5.11 Å². The minimum absolute atomic E-state index is 0.233. The number of ether oxygens (including phenoxy) is 1. The van der Waals surface area contributed by atoms with Crippen LogP contribution >= 0.6 is 0 Å². The van der Waals surface area contributed by atoms with Crippen molar-refractivity contribution in [2.24, 2.45) is 11.7 Å². The average molecular weight is 315 g/mol. The van der Waals surface area contributed by atoms with Gasteiger partial charge in [0.2, 0.25) is 0 Å². The molecule has 1 aliphatic carbocycles. The molecule has 1 aromatic carbocycles. The number of hydrogen-bond donors (Lipinski definition) is 2. The number of fused-ring (bicyclic) bond motifs is 3. The van der Waals surface area contributed by atoms with Crippen LogP contribution in [-0.4, -0.2) is 10.7 Å². The summed E-state index contributed by atoms with van der Waals surface area (Å²) >= 11 is 0. The van der Waals surface area contributed by atoms with E-state index in [1.165, 1.54) is 18.4 Å². The molecule has 3 heteroatoms. The number of phenols is 1. The summed E-state index contributed by atoms with van der Waals surface area (Å²) < 4.78 is 6.32. The minimum Gasteiger partial charge on any atom is -0.508 e. The zero-order chi connectivity index (χ0) is 16.6. The fraction of sp³-hybridized carbons (Fsp3) is 0.600. The third kappa shape index (κ3) is 3.06. The molecule has 3 N–H and O–H groups in total. The van der Waals surface area contributed by atoms with Crippen LogP contribution in [0.2, 0.25) is 0 Å². The maximum atomic E-state index is 10.6. The van der Waals surface area contributed by atoms with Crippen molar-refractivity contribution < 1.29 is 9.84 Å². The molecule has 0 saturated heterocycles. The van der Waals surface area contributed by atoms with Crippen LogP contribution in [0.25, 0.3) is 0 Å². The molecule has 1 aromatic rings. The van der Waals surface area contributed by atoms with E-state index in [0.29, 0.717) is 11.7 Å². The number of benzene rings is 1. The van der Waals surface area contributed by atoms with E-state index in [2.05, 4.69) is 32.9 Å². The second kappa shape index (κ2) is 6.10. The summed E-state index contributed by atoms with van der Waals surface area (Å²) in [4.78, 5) is 0. The van der Waals surface area contributed by atoms with E-state index in [4.69, 9.17) is 10.5 Å². The van der Waals surface area contributed by atoms with Crippen LogP contribution in [0.5, 0.6) is 11.5 Å². The summed E-state index contributed by atoms with van der Waals surface area (Å²) in [7, 11) is 0. The summed E-state index contributed by atoms with van der Waals surface area (Å²) in [5.74, 6) is 1.86. The van der Waals surface area contributed by atoms with E-state index in [1.807, 2.05) is 6.07 Å². The third-order valence-electron chi connectivity index (χ3n) is 5.46. The van der Waals surface area contributed by atoms with Gasteiger partial charge < -0.3 is 15.6 Å². The fourth-order valence-corrected chi connectivity index (χ4v) is 4.20. The zero-order valence-corrected chi connectivity index (χ0v) is 14.6. The second-order valence-electron chi connectivity index (χ2n) is 7.62. The standard InChI is InChI=1S/C20H29NO2/c1-4-5-6-7-13-10-17(22)19-15-12-14(21)8-9-16(15)20(2,3)23-18(19)11-13/h8,10-11,15-16,22H,4-7,9,12,21H2,1-3H3. The summed E-state index contributed by atoms with van der Waals surface area (Å²) in [5.41, 5.74) is 8.92. The van der Waals surface area contributed by atoms with Gasteiger partial charge in [0.05, 0.1) is 0 Å². The number of aryl methyl sites for hydroxylation is 1. The summed E-state index contributed by atoms with van der Waals surface area (Å²) in [6, 6.07) is 4.07. The monoisotopic (exact) mass is 315 g/mol. The molecule has 1 aliphatic heterocycles. The summed E-state index contributed by atoms with van der Waals surface area (Å²) in [6.45, 7) is 6.52. The highest BCUT2D eigenvalue weighted by molar-refractivity contribution is 5.52. The average Bonchev–Trinajstić information content (AvgIpc) is 2.46. The Morgan fingerprint density at radius 1 is 1.30 bits per heavy atom. The predicted molar refractivity (Wildman–Crippen MR) is 93.8 cm³/mol. The lowest BCUT2D eigenvalue weighted by Gasteiger charge is -2.46. The highest BCUT2D eigenvalue weighted by Crippen LogP contribution is 2.53. The second-order valence-corrected chi connectivity index (χ2v) is 7.62. The molecular formula is C20H29NO2. The van der Waals surface area contributed by atoms with Crippen molar-refractivity contribution in [3.8, 4) is 11.5 Å². The first kappa shape index (κ1) is 16.2. The van der Waals surface area contributed by atoms with Crippen LogP contribution < -0.4 is 10.5 Å². The van der Waals surface area contributed by atoms with Crippen LogP contribution in [0, 0.1) is 5.92 Å². The van der Waals surface area contributed by atoms with Gasteiger partial charge in [-0.05, 0) is 57.2 Å². The molecule has 2 atom stereocenters. The number of aromatic hydroxyl groups is 1. The first-order valence-electron chi connectivity index (χ1n) is 8.91. The van der Waals surface area contributed by atoms with E-state index >= 15 is 0 Å². The Morgan fingerprint density at radius 2 is 2.09 bits per heavy atom. The van der Waals surface area contributed by atoms with Crippen molar-refractivity contribution in [1.29, 1.82) is 0 Å². The number of phenolic OH excluding ortho intramolecular Hbond substituents is 1. The van der Waals surface area contributed by atoms with Crippen molar-refractivity contribution >= 4 is 0 Å². The smallest absolute Gasteiger partial charge is 0.127 e. The molecule has 2 unspecified atom stereocenters. The quantitative estimate of drug-likeness (QED) is 0.796. The molecule has 0 aromatic heterocycles. The highest BCUT2D eigenvalue weighted by atomic mass is 16.5. The van der Waals surface area contributed by atoms with E-state index < -0.39 is 0 Å². The normalized spacial score (nSPS) is 25.1. The van der Waals surface area contributed by atoms with Crippen molar-refractivity contribution in [2.75, 3.05) is 0 Å². The van der Waals surface area contributed by atoms with Crippen molar-refractivity contribution in [1.82, 2.24) is 0 Å². The van der Waals surface area contributed by atoms with Gasteiger partial charge in [0, 0.05) is 23.1 Å². The van der Waals surface area contributed by atoms with Gasteiger partial charge in [0.1, 0.15) is 17.1 Å². The van der Waals surface area contributed by atoms with Crippen LogP contribution in [0.3, 0.4) is 0 Å². The van der Waals surface area contributed by atoms with Gasteiger partial charge in [-0.1, -0.05) is 25.8 Å². The Hall–Kier alpha value is -1.64. The third-order valence-corrected chi connectivity index (χ3v) is 5.46. The fourth-order valence-electron chi connectivity index (χ4n) is 4.20. The van der Waals surface area contributed by atoms with E-state index in [-0.39, 0.29) is 11.5 Å². The SMILES string of the molecule is CCCCCc1cc(O)c2c(c1)OC(C)(C)C1CC=C(N)CC21. The first-order chi connectivity index (χ1) is 10.9. The Labute approximate surface area is 139 Å². The van der Waals surface area contributed by atoms with Crippen molar-refractivity contribution in [3.63, 3.8) is 0 Å². The molecule has 0 amide bonds. The number of unbranched alkanes of at least 4 members (excludes halogenated alkanes) is 2. The molecule has 1 heterocycles. The molecule has 2 aliphatic rings. The van der Waals surface area contributed by atoms with Gasteiger partial charge in [-0.2, -0.15) is 0 Å². The number of hydrogen-bond acceptors (Lipinski definition) is 3. The molecule has 3 rings (SSSR count). The minimum atomic E-state index is -0.233. The number of rotatable bonds is 4. The lowest BCUT2D eigenvalue weighted by Crippen LogP contribution is -2.45. The van der Waals surface area contributed by atoms with Gasteiger partial charge in [-0.15, -0.1) is 0 Å². The van der Waals surface area contributed by atoms with Crippen molar-refractivity contribution in [3.05, 3.63) is 35.0 Å². The molecule has 3 nitrogen and oxygen atoms in total. The summed E-state index contributed by atoms with van der Waals surface area (Å²) in [5, 5.41) is 10.6. The van der Waals surface area contributed by atoms with Gasteiger partial charge in [0.25, 0.3) is 0 Å². The molecule has 126 valence electrons. The summed E-state index contributed by atoms with van der Waals surface area (Å²) in [6.07, 6.45) is 8.42. The molecule has 0 radical (unpaired) electrons. The largest absolute Gasteiger partial charge is 0.508 e. The van der Waals surface area contributed by atoms with E-state index in [0.717, 1.165) is 42.7 Å². The van der Waals surface area contributed by atoms with Gasteiger partial charge in [-0.3, -0.25) is 0 Å². The van der Waals surface area contributed by atoms with Gasteiger partial charge >= 0.3 is 0 Å². The number of allylic oxidation sites excluding steroid dienone is 2. The molecule has 0 saturated carbocycles. The maximum Gasteiger partial charge on any atom is 0.127 e. The Balaban J connectivity index is 1.96. The molecule has 0 fully saturated rings. The lowest BCUT2D eigenvalue weighted by atomic mass is 9.68. The molecule has 0 bridgehead atoms. The van der Waals surface area contributed by atoms with Crippen LogP contribution in [0.15, 0.2) is 23.9 Å². The lowest BCUT2D eigenvalue weighted by molar-refractivity contribution is 0.00741. The van der Waals surface area contributed by atoms with Crippen LogP contribution in [-0.2, 0) is 6.42 Å². The Kier molecular flexibility index (Phi) is 4.31. The number of nitrogens with two attached hydrogens (primary N) is 1. The Bertz CT molecular complexity index is 618. The predicted octanol–water partition coefficient (Wildman–Crippen LogP) is 4.63. The zero-order valence-electron chi connectivity index (χ0n) is 14.6. The topological polar surface area (TPSA) is 55.5 Å². The van der Waals surface area contributed by atoms with Gasteiger partial charge in [-0.25, -0.2) is 0 Å².